The fourth-order valence-electron chi connectivity index (χ4n) is 3.98. The van der Waals surface area contributed by atoms with Crippen LogP contribution in [0.2, 0.25) is 0 Å². The van der Waals surface area contributed by atoms with Gasteiger partial charge in [-0.3, -0.25) is 14.5 Å². The molecule has 3 aromatic rings. The number of nitrogens with zero attached hydrogens (tertiary/aromatic N) is 2. The van der Waals surface area contributed by atoms with E-state index < -0.39 is 33.7 Å². The highest BCUT2D eigenvalue weighted by molar-refractivity contribution is 7.89. The number of halogens is 1. The van der Waals surface area contributed by atoms with Crippen molar-refractivity contribution in [1.29, 1.82) is 0 Å². The third-order valence-electron chi connectivity index (χ3n) is 6.11. The maximum atomic E-state index is 13.3. The zero-order valence-corrected chi connectivity index (χ0v) is 22.0. The van der Waals surface area contributed by atoms with E-state index in [1.165, 1.54) is 42.6 Å². The Kier molecular flexibility index (Phi) is 9.71. The second-order valence-electron chi connectivity index (χ2n) is 8.95. The number of amides is 2. The molecule has 1 atom stereocenters. The molecule has 1 saturated heterocycles. The third-order valence-corrected chi connectivity index (χ3v) is 7.49. The average molecular weight is 556 g/mol. The first kappa shape index (κ1) is 28.3. The third kappa shape index (κ3) is 8.39. The first-order chi connectivity index (χ1) is 18.8. The number of ether oxygens (including phenoxy) is 1. The molecule has 1 aliphatic heterocycles. The highest BCUT2D eigenvalue weighted by atomic mass is 32.2. The van der Waals surface area contributed by atoms with Gasteiger partial charge >= 0.3 is 0 Å². The van der Waals surface area contributed by atoms with E-state index >= 15 is 0 Å². The Hall–Kier alpha value is -3.71. The molecule has 0 radical (unpaired) electrons. The number of nitrogens with one attached hydrogen (secondary N) is 3. The number of hydrogen-bond donors (Lipinski definition) is 3. The molecule has 0 spiro atoms. The largest absolute Gasteiger partial charge is 0.379 e. The number of anilines is 1. The topological polar surface area (TPSA) is 130 Å². The van der Waals surface area contributed by atoms with Crippen LogP contribution in [0.1, 0.15) is 15.9 Å². The zero-order chi connectivity index (χ0) is 27.7. The Bertz CT molecular complexity index is 1350. The van der Waals surface area contributed by atoms with Crippen molar-refractivity contribution in [3.63, 3.8) is 0 Å². The Labute approximate surface area is 226 Å². The van der Waals surface area contributed by atoms with Crippen molar-refractivity contribution in [3.05, 3.63) is 89.9 Å². The summed E-state index contributed by atoms with van der Waals surface area (Å²) in [4.78, 5) is 32.0. The first-order valence-electron chi connectivity index (χ1n) is 12.5. The molecule has 2 heterocycles. The molecule has 2 aromatic carbocycles. The number of benzene rings is 2. The van der Waals surface area contributed by atoms with Gasteiger partial charge in [0.2, 0.25) is 5.91 Å². The predicted octanol–water partition coefficient (Wildman–Crippen LogP) is 1.81. The van der Waals surface area contributed by atoms with E-state index in [2.05, 4.69) is 25.2 Å². The molecule has 39 heavy (non-hydrogen) atoms. The molecule has 0 bridgehead atoms. The predicted molar refractivity (Wildman–Crippen MR) is 143 cm³/mol. The molecule has 0 unspecified atom stereocenters. The molecule has 1 aliphatic rings. The molecule has 12 heteroatoms. The Morgan fingerprint density at radius 1 is 1.00 bits per heavy atom. The van der Waals surface area contributed by atoms with Crippen molar-refractivity contribution in [2.75, 3.05) is 44.7 Å². The summed E-state index contributed by atoms with van der Waals surface area (Å²) in [5.41, 5.74) is 1.29. The van der Waals surface area contributed by atoms with E-state index in [0.717, 1.165) is 18.7 Å². The summed E-state index contributed by atoms with van der Waals surface area (Å²) < 4.78 is 46.3. The van der Waals surface area contributed by atoms with E-state index in [0.29, 0.717) is 19.8 Å². The van der Waals surface area contributed by atoms with Crippen LogP contribution in [0.5, 0.6) is 0 Å². The highest BCUT2D eigenvalue weighted by Gasteiger charge is 2.23. The van der Waals surface area contributed by atoms with E-state index in [4.69, 9.17) is 4.74 Å². The maximum Gasteiger partial charge on any atom is 0.258 e. The fraction of sp³-hybridized carbons (Fsp3) is 0.296. The van der Waals surface area contributed by atoms with Crippen LogP contribution in [0.15, 0.2) is 78.0 Å². The highest BCUT2D eigenvalue weighted by Crippen LogP contribution is 2.13. The number of carbonyl (C=O) groups excluding carboxylic acids is 2. The van der Waals surface area contributed by atoms with Gasteiger partial charge in [0.1, 0.15) is 11.9 Å². The van der Waals surface area contributed by atoms with E-state index in [-0.39, 0.29) is 29.2 Å². The van der Waals surface area contributed by atoms with Crippen LogP contribution in [0.4, 0.5) is 10.1 Å². The fourth-order valence-corrected chi connectivity index (χ4v) is 4.93. The van der Waals surface area contributed by atoms with Crippen molar-refractivity contribution in [1.82, 2.24) is 19.9 Å². The van der Waals surface area contributed by atoms with Crippen molar-refractivity contribution in [2.24, 2.45) is 0 Å². The average Bonchev–Trinajstić information content (AvgIpc) is 2.94. The molecule has 1 aromatic heterocycles. The smallest absolute Gasteiger partial charge is 0.258 e. The lowest BCUT2D eigenvalue weighted by Gasteiger charge is -2.26. The maximum absolute atomic E-state index is 13.3. The Balaban J connectivity index is 1.39. The minimum atomic E-state index is -3.83. The summed E-state index contributed by atoms with van der Waals surface area (Å²) in [7, 11) is -3.83. The summed E-state index contributed by atoms with van der Waals surface area (Å²) in [6, 6.07) is 15.9. The molecule has 1 fully saturated rings. The Morgan fingerprint density at radius 2 is 1.72 bits per heavy atom. The number of aromatic nitrogens is 1. The number of sulfonamides is 1. The van der Waals surface area contributed by atoms with Crippen LogP contribution >= 0.6 is 0 Å². The first-order valence-corrected chi connectivity index (χ1v) is 14.0. The number of morpholine rings is 1. The van der Waals surface area contributed by atoms with Gasteiger partial charge in [0.25, 0.3) is 15.9 Å². The summed E-state index contributed by atoms with van der Waals surface area (Å²) in [6.07, 6.45) is 1.45. The lowest BCUT2D eigenvalue weighted by molar-refractivity contribution is -0.118. The van der Waals surface area contributed by atoms with Crippen LogP contribution in [0.3, 0.4) is 0 Å². The summed E-state index contributed by atoms with van der Waals surface area (Å²) in [5, 5.41) is 5.21. The molecule has 0 aliphatic carbocycles. The van der Waals surface area contributed by atoms with Crippen LogP contribution in [0, 0.1) is 5.82 Å². The summed E-state index contributed by atoms with van der Waals surface area (Å²) in [5.74, 6) is -1.53. The van der Waals surface area contributed by atoms with E-state index in [1.807, 2.05) is 30.3 Å². The van der Waals surface area contributed by atoms with E-state index in [1.54, 1.807) is 0 Å². The van der Waals surface area contributed by atoms with Crippen molar-refractivity contribution >= 4 is 27.5 Å². The lowest BCUT2D eigenvalue weighted by atomic mass is 10.0. The molecule has 10 nitrogen and oxygen atoms in total. The minimum absolute atomic E-state index is 0.173. The van der Waals surface area contributed by atoms with Crippen LogP contribution in [-0.4, -0.2) is 75.6 Å². The number of rotatable bonds is 11. The van der Waals surface area contributed by atoms with Gasteiger partial charge in [-0.2, -0.15) is 0 Å². The lowest BCUT2D eigenvalue weighted by Crippen LogP contribution is -2.45. The van der Waals surface area contributed by atoms with Gasteiger partial charge in [0, 0.05) is 38.2 Å². The molecule has 2 amide bonds. The molecule has 3 N–H and O–H groups in total. The van der Waals surface area contributed by atoms with Gasteiger partial charge in [-0.1, -0.05) is 30.3 Å². The van der Waals surface area contributed by atoms with Gasteiger partial charge in [-0.15, -0.1) is 0 Å². The number of carbonyl (C=O) groups is 2. The van der Waals surface area contributed by atoms with Crippen LogP contribution in [0.25, 0.3) is 0 Å². The monoisotopic (exact) mass is 555 g/mol. The molecule has 0 saturated carbocycles. The van der Waals surface area contributed by atoms with Crippen LogP contribution < -0.4 is 15.4 Å². The summed E-state index contributed by atoms with van der Waals surface area (Å²) in [6.45, 7) is 3.56. The number of pyridine rings is 1. The van der Waals surface area contributed by atoms with Gasteiger partial charge in [0.05, 0.1) is 25.1 Å². The molecule has 4 rings (SSSR count). The quantitative estimate of drug-likeness (QED) is 0.329. The Morgan fingerprint density at radius 3 is 2.38 bits per heavy atom. The zero-order valence-electron chi connectivity index (χ0n) is 21.2. The van der Waals surface area contributed by atoms with Crippen LogP contribution in [-0.2, 0) is 26.0 Å². The molecule has 206 valence electrons. The standard InChI is InChI=1S/C27H30FN5O5S/c28-22-8-6-21(7-9-22)26(34)32-24(18-20-4-2-1-3-5-20)27(35)31-23-10-11-25(29-19-23)39(36,37)30-12-13-33-14-16-38-17-15-33/h1-11,19,24,30H,12-18H2,(H,31,35)(H,32,34)/t24-/m0/s1. The van der Waals surface area contributed by atoms with Gasteiger partial charge in [-0.05, 0) is 42.0 Å². The second kappa shape index (κ2) is 13.4. The summed E-state index contributed by atoms with van der Waals surface area (Å²) >= 11 is 0. The molecular formula is C27H30FN5O5S. The number of hydrogen-bond acceptors (Lipinski definition) is 7. The van der Waals surface area contributed by atoms with Gasteiger partial charge in [0.15, 0.2) is 5.03 Å². The normalized spacial score (nSPS) is 14.9. The van der Waals surface area contributed by atoms with Gasteiger partial charge < -0.3 is 15.4 Å². The van der Waals surface area contributed by atoms with E-state index in [9.17, 15) is 22.4 Å². The minimum Gasteiger partial charge on any atom is -0.379 e. The SMILES string of the molecule is O=C(N[C@@H](Cc1ccccc1)C(=O)Nc1ccc(S(=O)(=O)NCCN2CCOCC2)nc1)c1ccc(F)cc1. The van der Waals surface area contributed by atoms with Crippen molar-refractivity contribution in [3.8, 4) is 0 Å². The van der Waals surface area contributed by atoms with Crippen molar-refractivity contribution < 1.29 is 27.1 Å². The van der Waals surface area contributed by atoms with Crippen molar-refractivity contribution in [2.45, 2.75) is 17.5 Å². The second-order valence-corrected chi connectivity index (χ2v) is 10.7. The van der Waals surface area contributed by atoms with Gasteiger partial charge in [-0.25, -0.2) is 22.5 Å². The molecular weight excluding hydrogens is 525 g/mol.